The van der Waals surface area contributed by atoms with Crippen LogP contribution in [0.1, 0.15) is 5.56 Å². The Morgan fingerprint density at radius 3 is 2.59 bits per heavy atom. The first-order valence-electron chi connectivity index (χ1n) is 8.88. The third kappa shape index (κ3) is 4.62. The van der Waals surface area contributed by atoms with Gasteiger partial charge in [0, 0.05) is 29.8 Å². The highest BCUT2D eigenvalue weighted by Gasteiger charge is 2.08. The summed E-state index contributed by atoms with van der Waals surface area (Å²) < 4.78 is 15.4. The van der Waals surface area contributed by atoms with Gasteiger partial charge in [-0.3, -0.25) is 9.36 Å². The molecular weight excluding hydrogens is 371 g/mol. The predicted octanol–water partition coefficient (Wildman–Crippen LogP) is 3.73. The maximum absolute atomic E-state index is 13.7. The number of rotatable bonds is 6. The van der Waals surface area contributed by atoms with Crippen LogP contribution in [-0.4, -0.2) is 25.4 Å². The minimum Gasteiger partial charge on any atom is -0.340 e. The third-order valence-corrected chi connectivity index (χ3v) is 4.17. The average Bonchev–Trinajstić information content (AvgIpc) is 3.26. The van der Waals surface area contributed by atoms with Crippen LogP contribution in [0.25, 0.3) is 5.82 Å². The molecule has 4 rings (SSSR count). The van der Waals surface area contributed by atoms with Gasteiger partial charge in [0.2, 0.25) is 5.91 Å². The molecule has 0 fully saturated rings. The molecule has 7 nitrogen and oxygen atoms in total. The average molecular weight is 388 g/mol. The molecule has 0 atom stereocenters. The second-order valence-electron chi connectivity index (χ2n) is 6.25. The van der Waals surface area contributed by atoms with E-state index < -0.39 is 0 Å². The molecule has 0 aliphatic heterocycles. The van der Waals surface area contributed by atoms with Crippen molar-refractivity contribution in [2.24, 2.45) is 0 Å². The topological polar surface area (TPSA) is 84.7 Å². The number of hydrogen-bond acceptors (Lipinski definition) is 5. The van der Waals surface area contributed by atoms with Gasteiger partial charge in [-0.2, -0.15) is 0 Å². The number of halogens is 1. The van der Waals surface area contributed by atoms with E-state index in [1.807, 2.05) is 12.1 Å². The molecule has 0 spiro atoms. The van der Waals surface area contributed by atoms with Crippen molar-refractivity contribution in [3.63, 3.8) is 0 Å². The van der Waals surface area contributed by atoms with Gasteiger partial charge < -0.3 is 10.6 Å². The third-order valence-electron chi connectivity index (χ3n) is 4.17. The number of anilines is 3. The Labute approximate surface area is 166 Å². The highest BCUT2D eigenvalue weighted by molar-refractivity contribution is 5.92. The quantitative estimate of drug-likeness (QED) is 0.526. The lowest BCUT2D eigenvalue weighted by Crippen LogP contribution is -2.15. The summed E-state index contributed by atoms with van der Waals surface area (Å²) in [5, 5.41) is 5.95. The standard InChI is InChI=1S/C21H17FN6O/c22-18-4-2-1-3-15(18)11-21(29)27-17-7-5-16(6-8-17)26-19-12-20(25-13-24-19)28-10-9-23-14-28/h1-10,12-14H,11H2,(H,27,29)(H,24,25,26). The molecule has 0 aliphatic rings. The molecule has 0 saturated carbocycles. The molecule has 0 saturated heterocycles. The van der Waals surface area contributed by atoms with Crippen LogP contribution in [-0.2, 0) is 11.2 Å². The van der Waals surface area contributed by atoms with Gasteiger partial charge in [-0.05, 0) is 35.9 Å². The van der Waals surface area contributed by atoms with Gasteiger partial charge in [-0.15, -0.1) is 0 Å². The van der Waals surface area contributed by atoms with Gasteiger partial charge in [-0.1, -0.05) is 18.2 Å². The van der Waals surface area contributed by atoms with E-state index in [0.717, 1.165) is 5.69 Å². The minimum atomic E-state index is -0.387. The van der Waals surface area contributed by atoms with Crippen molar-refractivity contribution in [1.82, 2.24) is 19.5 Å². The predicted molar refractivity (Wildman–Crippen MR) is 108 cm³/mol. The molecule has 1 amide bonds. The Balaban J connectivity index is 1.39. The lowest BCUT2D eigenvalue weighted by Gasteiger charge is -2.09. The molecule has 144 valence electrons. The fourth-order valence-corrected chi connectivity index (χ4v) is 2.76. The summed E-state index contributed by atoms with van der Waals surface area (Å²) in [5.74, 6) is 0.649. The van der Waals surface area contributed by atoms with Crippen molar-refractivity contribution < 1.29 is 9.18 Å². The van der Waals surface area contributed by atoms with Crippen LogP contribution in [0, 0.1) is 5.82 Å². The molecule has 0 unspecified atom stereocenters. The van der Waals surface area contributed by atoms with Crippen LogP contribution in [0.3, 0.4) is 0 Å². The molecular formula is C21H17FN6O. The highest BCUT2D eigenvalue weighted by Crippen LogP contribution is 2.19. The van der Waals surface area contributed by atoms with Gasteiger partial charge in [0.15, 0.2) is 0 Å². The largest absolute Gasteiger partial charge is 0.340 e. The monoisotopic (exact) mass is 388 g/mol. The second-order valence-corrected chi connectivity index (χ2v) is 6.25. The highest BCUT2D eigenvalue weighted by atomic mass is 19.1. The Kier molecular flexibility index (Phi) is 5.24. The Bertz CT molecular complexity index is 1110. The summed E-state index contributed by atoms with van der Waals surface area (Å²) in [5.41, 5.74) is 1.78. The van der Waals surface area contributed by atoms with Crippen LogP contribution >= 0.6 is 0 Å². The smallest absolute Gasteiger partial charge is 0.228 e. The Hall–Kier alpha value is -4.07. The number of imidazole rings is 1. The van der Waals surface area contributed by atoms with E-state index in [4.69, 9.17) is 0 Å². The number of carbonyl (C=O) groups excluding carboxylic acids is 1. The number of carbonyl (C=O) groups is 1. The zero-order chi connectivity index (χ0) is 20.1. The van der Waals surface area contributed by atoms with E-state index in [0.29, 0.717) is 22.9 Å². The number of aromatic nitrogens is 4. The van der Waals surface area contributed by atoms with E-state index in [1.165, 1.54) is 12.4 Å². The van der Waals surface area contributed by atoms with Gasteiger partial charge in [0.05, 0.1) is 6.42 Å². The zero-order valence-corrected chi connectivity index (χ0v) is 15.3. The molecule has 4 aromatic rings. The summed E-state index contributed by atoms with van der Waals surface area (Å²) in [7, 11) is 0. The van der Waals surface area contributed by atoms with Crippen molar-refractivity contribution in [1.29, 1.82) is 0 Å². The molecule has 29 heavy (non-hydrogen) atoms. The van der Waals surface area contributed by atoms with Crippen LogP contribution in [0.5, 0.6) is 0 Å². The lowest BCUT2D eigenvalue weighted by molar-refractivity contribution is -0.115. The number of nitrogens with one attached hydrogen (secondary N) is 2. The van der Waals surface area contributed by atoms with E-state index in [2.05, 4.69) is 25.6 Å². The number of benzene rings is 2. The van der Waals surface area contributed by atoms with Gasteiger partial charge in [0.1, 0.15) is 30.1 Å². The van der Waals surface area contributed by atoms with Crippen molar-refractivity contribution in [3.05, 3.63) is 91.0 Å². The maximum atomic E-state index is 13.7. The summed E-state index contributed by atoms with van der Waals surface area (Å²) in [6, 6.07) is 15.2. The number of amides is 1. The fraction of sp³-hybridized carbons (Fsp3) is 0.0476. The number of nitrogens with zero attached hydrogens (tertiary/aromatic N) is 4. The van der Waals surface area contributed by atoms with E-state index in [9.17, 15) is 9.18 Å². The summed E-state index contributed by atoms with van der Waals surface area (Å²) in [6.45, 7) is 0. The van der Waals surface area contributed by atoms with Crippen molar-refractivity contribution in [3.8, 4) is 5.82 Å². The summed E-state index contributed by atoms with van der Waals surface area (Å²) in [4.78, 5) is 24.6. The van der Waals surface area contributed by atoms with Gasteiger partial charge in [0.25, 0.3) is 0 Å². The van der Waals surface area contributed by atoms with Crippen LogP contribution < -0.4 is 10.6 Å². The van der Waals surface area contributed by atoms with E-state index in [1.54, 1.807) is 59.7 Å². The van der Waals surface area contributed by atoms with Crippen LogP contribution in [0.4, 0.5) is 21.6 Å². The first-order chi connectivity index (χ1) is 14.2. The molecule has 2 heterocycles. The minimum absolute atomic E-state index is 0.0232. The van der Waals surface area contributed by atoms with Crippen molar-refractivity contribution in [2.45, 2.75) is 6.42 Å². The Morgan fingerprint density at radius 1 is 1.03 bits per heavy atom. The van der Waals surface area contributed by atoms with Crippen LogP contribution in [0.15, 0.2) is 79.6 Å². The second kappa shape index (κ2) is 8.30. The van der Waals surface area contributed by atoms with Crippen molar-refractivity contribution >= 4 is 23.1 Å². The summed E-state index contributed by atoms with van der Waals surface area (Å²) in [6.07, 6.45) is 6.57. The molecule has 2 aromatic carbocycles. The molecule has 0 radical (unpaired) electrons. The number of hydrogen-bond donors (Lipinski definition) is 2. The molecule has 2 N–H and O–H groups in total. The first-order valence-corrected chi connectivity index (χ1v) is 8.88. The van der Waals surface area contributed by atoms with Crippen LogP contribution in [0.2, 0.25) is 0 Å². The van der Waals surface area contributed by atoms with E-state index in [-0.39, 0.29) is 18.1 Å². The van der Waals surface area contributed by atoms with Crippen molar-refractivity contribution in [2.75, 3.05) is 10.6 Å². The summed E-state index contributed by atoms with van der Waals surface area (Å²) >= 11 is 0. The lowest BCUT2D eigenvalue weighted by atomic mass is 10.1. The molecule has 0 bridgehead atoms. The zero-order valence-electron chi connectivity index (χ0n) is 15.3. The van der Waals surface area contributed by atoms with Gasteiger partial charge in [-0.25, -0.2) is 19.3 Å². The normalized spacial score (nSPS) is 10.5. The Morgan fingerprint density at radius 2 is 1.83 bits per heavy atom. The molecule has 0 aliphatic carbocycles. The molecule has 8 heteroatoms. The maximum Gasteiger partial charge on any atom is 0.228 e. The fourth-order valence-electron chi connectivity index (χ4n) is 2.76. The SMILES string of the molecule is O=C(Cc1ccccc1F)Nc1ccc(Nc2cc(-n3ccnc3)ncn2)cc1. The first kappa shape index (κ1) is 18.3. The van der Waals surface area contributed by atoms with E-state index >= 15 is 0 Å². The molecule has 2 aromatic heterocycles. The van der Waals surface area contributed by atoms with Gasteiger partial charge >= 0.3 is 0 Å².